The minimum absolute atomic E-state index is 0.134. The smallest absolute Gasteiger partial charge is 0.314 e. The van der Waals surface area contributed by atoms with Gasteiger partial charge in [-0.2, -0.15) is 0 Å². The van der Waals surface area contributed by atoms with Crippen LogP contribution >= 0.6 is 0 Å². The van der Waals surface area contributed by atoms with Crippen molar-refractivity contribution in [2.24, 2.45) is 11.7 Å². The molecule has 19 heavy (non-hydrogen) atoms. The number of hydrogen-bond donors (Lipinski definition) is 1. The molecule has 0 saturated heterocycles. The van der Waals surface area contributed by atoms with Crippen molar-refractivity contribution >= 4 is 11.9 Å². The van der Waals surface area contributed by atoms with Gasteiger partial charge >= 0.3 is 5.97 Å². The largest absolute Gasteiger partial charge is 0.452 e. The molecule has 0 saturated carbocycles. The molecule has 0 unspecified atom stereocenters. The molecule has 1 aromatic rings. The molecular weight excluding hydrogens is 242 g/mol. The van der Waals surface area contributed by atoms with E-state index in [1.165, 1.54) is 6.92 Å². The van der Waals surface area contributed by atoms with E-state index >= 15 is 0 Å². The summed E-state index contributed by atoms with van der Waals surface area (Å²) >= 11 is 0. The molecule has 0 aliphatic heterocycles. The van der Waals surface area contributed by atoms with Crippen molar-refractivity contribution in [1.82, 2.24) is 0 Å². The summed E-state index contributed by atoms with van der Waals surface area (Å²) in [6, 6.07) is 9.46. The number of carbonyl (C=O) groups excluding carboxylic acids is 2. The first-order valence-corrected chi connectivity index (χ1v) is 6.52. The molecule has 0 radical (unpaired) electrons. The molecule has 0 aliphatic rings. The van der Waals surface area contributed by atoms with Gasteiger partial charge in [0.15, 0.2) is 6.10 Å². The second kappa shape index (κ2) is 6.92. The van der Waals surface area contributed by atoms with Crippen molar-refractivity contribution in [2.45, 2.75) is 39.2 Å². The van der Waals surface area contributed by atoms with Crippen LogP contribution in [0.4, 0.5) is 0 Å². The summed E-state index contributed by atoms with van der Waals surface area (Å²) in [5.41, 5.74) is 6.02. The van der Waals surface area contributed by atoms with E-state index in [1.54, 1.807) is 0 Å². The van der Waals surface area contributed by atoms with Gasteiger partial charge in [0.25, 0.3) is 5.91 Å². The summed E-state index contributed by atoms with van der Waals surface area (Å²) in [6.07, 6.45) is -0.0534. The van der Waals surface area contributed by atoms with Crippen LogP contribution in [-0.2, 0) is 14.3 Å². The van der Waals surface area contributed by atoms with Crippen LogP contribution in [0.3, 0.4) is 0 Å². The average molecular weight is 263 g/mol. The summed E-state index contributed by atoms with van der Waals surface area (Å²) < 4.78 is 5.14. The monoisotopic (exact) mass is 263 g/mol. The summed E-state index contributed by atoms with van der Waals surface area (Å²) in [6.45, 7) is 5.50. The van der Waals surface area contributed by atoms with E-state index < -0.39 is 18.0 Å². The summed E-state index contributed by atoms with van der Waals surface area (Å²) in [5.74, 6) is -1.26. The zero-order valence-corrected chi connectivity index (χ0v) is 11.6. The lowest BCUT2D eigenvalue weighted by molar-refractivity contribution is -0.156. The fourth-order valence-electron chi connectivity index (χ4n) is 1.90. The summed E-state index contributed by atoms with van der Waals surface area (Å²) in [5, 5.41) is 0. The Morgan fingerprint density at radius 3 is 2.26 bits per heavy atom. The summed E-state index contributed by atoms with van der Waals surface area (Å²) in [4.78, 5) is 23.2. The Morgan fingerprint density at radius 2 is 1.79 bits per heavy atom. The number of amides is 1. The molecule has 0 fully saturated rings. The fourth-order valence-corrected chi connectivity index (χ4v) is 1.90. The van der Waals surface area contributed by atoms with Gasteiger partial charge in [-0.1, -0.05) is 50.6 Å². The van der Waals surface area contributed by atoms with Crippen molar-refractivity contribution in [2.75, 3.05) is 0 Å². The van der Waals surface area contributed by atoms with Gasteiger partial charge in [-0.3, -0.25) is 9.59 Å². The van der Waals surface area contributed by atoms with Crippen LogP contribution < -0.4 is 5.73 Å². The summed E-state index contributed by atoms with van der Waals surface area (Å²) in [7, 11) is 0. The van der Waals surface area contributed by atoms with Crippen LogP contribution in [0, 0.1) is 5.92 Å². The standard InChI is InChI=1S/C15H21NO3/c1-4-10(2)13(12-8-6-5-7-9-12)15(18)19-11(3)14(16)17/h5-11,13H,4H2,1-3H3,(H2,16,17)/t10-,11-,13-/m0/s1. The number of nitrogens with two attached hydrogens (primary N) is 1. The molecule has 2 N–H and O–H groups in total. The zero-order valence-electron chi connectivity index (χ0n) is 11.6. The van der Waals surface area contributed by atoms with E-state index in [4.69, 9.17) is 10.5 Å². The molecule has 0 spiro atoms. The predicted molar refractivity (Wildman–Crippen MR) is 73.4 cm³/mol. The highest BCUT2D eigenvalue weighted by atomic mass is 16.5. The van der Waals surface area contributed by atoms with Gasteiger partial charge in [0.05, 0.1) is 5.92 Å². The lowest BCUT2D eigenvalue weighted by atomic mass is 9.85. The Hall–Kier alpha value is -1.84. The third kappa shape index (κ3) is 4.09. The van der Waals surface area contributed by atoms with Gasteiger partial charge in [-0.25, -0.2) is 0 Å². The van der Waals surface area contributed by atoms with Crippen LogP contribution in [0.15, 0.2) is 30.3 Å². The van der Waals surface area contributed by atoms with Gasteiger partial charge in [-0.15, -0.1) is 0 Å². The Bertz CT molecular complexity index is 430. The second-order valence-corrected chi connectivity index (χ2v) is 4.76. The van der Waals surface area contributed by atoms with Gasteiger partial charge in [-0.05, 0) is 18.4 Å². The van der Waals surface area contributed by atoms with Crippen molar-refractivity contribution in [1.29, 1.82) is 0 Å². The fraction of sp³-hybridized carbons (Fsp3) is 0.467. The zero-order chi connectivity index (χ0) is 14.4. The Morgan fingerprint density at radius 1 is 1.21 bits per heavy atom. The first-order valence-electron chi connectivity index (χ1n) is 6.52. The number of ether oxygens (including phenoxy) is 1. The molecule has 1 amide bonds. The van der Waals surface area contributed by atoms with Crippen molar-refractivity contribution in [3.05, 3.63) is 35.9 Å². The maximum atomic E-state index is 12.2. The van der Waals surface area contributed by atoms with E-state index in [2.05, 4.69) is 0 Å². The third-order valence-corrected chi connectivity index (χ3v) is 3.32. The van der Waals surface area contributed by atoms with Crippen LogP contribution in [0.25, 0.3) is 0 Å². The third-order valence-electron chi connectivity index (χ3n) is 3.32. The van der Waals surface area contributed by atoms with Crippen LogP contribution in [0.2, 0.25) is 0 Å². The molecule has 0 heterocycles. The molecule has 0 aliphatic carbocycles. The molecule has 0 aromatic heterocycles. The molecule has 1 rings (SSSR count). The molecule has 0 bridgehead atoms. The number of esters is 1. The Balaban J connectivity index is 2.92. The average Bonchev–Trinajstić information content (AvgIpc) is 2.39. The normalized spacial score (nSPS) is 15.3. The molecule has 4 heteroatoms. The minimum Gasteiger partial charge on any atom is -0.452 e. The Kier molecular flexibility index (Phi) is 5.55. The van der Waals surface area contributed by atoms with Crippen LogP contribution in [-0.4, -0.2) is 18.0 Å². The quantitative estimate of drug-likeness (QED) is 0.800. The Labute approximate surface area is 113 Å². The highest BCUT2D eigenvalue weighted by Crippen LogP contribution is 2.28. The number of rotatable bonds is 6. The number of hydrogen-bond acceptors (Lipinski definition) is 3. The second-order valence-electron chi connectivity index (χ2n) is 4.76. The number of primary amides is 1. The van der Waals surface area contributed by atoms with Gasteiger partial charge in [0.1, 0.15) is 0 Å². The van der Waals surface area contributed by atoms with Gasteiger partial charge < -0.3 is 10.5 Å². The van der Waals surface area contributed by atoms with Crippen LogP contribution in [0.1, 0.15) is 38.7 Å². The minimum atomic E-state index is -0.900. The first kappa shape index (κ1) is 15.2. The maximum Gasteiger partial charge on any atom is 0.314 e. The molecule has 104 valence electrons. The van der Waals surface area contributed by atoms with Crippen LogP contribution in [0.5, 0.6) is 0 Å². The van der Waals surface area contributed by atoms with E-state index in [9.17, 15) is 9.59 Å². The predicted octanol–water partition coefficient (Wildman–Crippen LogP) is 2.23. The molecular formula is C15H21NO3. The highest BCUT2D eigenvalue weighted by molar-refractivity contribution is 5.84. The van der Waals surface area contributed by atoms with Crippen molar-refractivity contribution < 1.29 is 14.3 Å². The van der Waals surface area contributed by atoms with Gasteiger partial charge in [0, 0.05) is 0 Å². The van der Waals surface area contributed by atoms with E-state index in [0.29, 0.717) is 0 Å². The molecule has 1 aromatic carbocycles. The molecule has 4 nitrogen and oxygen atoms in total. The maximum absolute atomic E-state index is 12.2. The SMILES string of the molecule is CC[C@H](C)[C@H](C(=O)O[C@@H](C)C(N)=O)c1ccccc1. The lowest BCUT2D eigenvalue weighted by Crippen LogP contribution is -2.33. The first-order chi connectivity index (χ1) is 8.97. The van der Waals surface area contributed by atoms with Gasteiger partial charge in [0.2, 0.25) is 0 Å². The van der Waals surface area contributed by atoms with Crippen molar-refractivity contribution in [3.8, 4) is 0 Å². The number of carbonyl (C=O) groups is 2. The number of benzene rings is 1. The van der Waals surface area contributed by atoms with Crippen molar-refractivity contribution in [3.63, 3.8) is 0 Å². The van der Waals surface area contributed by atoms with E-state index in [1.807, 2.05) is 44.2 Å². The van der Waals surface area contributed by atoms with E-state index in [-0.39, 0.29) is 11.8 Å². The topological polar surface area (TPSA) is 69.4 Å². The lowest BCUT2D eigenvalue weighted by Gasteiger charge is -2.23. The highest BCUT2D eigenvalue weighted by Gasteiger charge is 2.29. The van der Waals surface area contributed by atoms with E-state index in [0.717, 1.165) is 12.0 Å². The molecule has 3 atom stereocenters.